The summed E-state index contributed by atoms with van der Waals surface area (Å²) in [7, 11) is -1.96. The number of nitrogens with one attached hydrogen (secondary N) is 1. The Morgan fingerprint density at radius 2 is 1.77 bits per heavy atom. The first kappa shape index (κ1) is 23.2. The van der Waals surface area contributed by atoms with Crippen LogP contribution in [0.5, 0.6) is 0 Å². The number of carbonyl (C=O) groups excluding carboxylic acids is 1. The van der Waals surface area contributed by atoms with Gasteiger partial charge < -0.3 is 4.90 Å². The molecule has 0 spiro atoms. The van der Waals surface area contributed by atoms with Crippen LogP contribution < -0.4 is 9.73 Å². The number of anilines is 1. The number of piperidine rings is 1. The van der Waals surface area contributed by atoms with Gasteiger partial charge in [-0.2, -0.15) is 5.10 Å². The number of likely N-dealkylation sites (tertiary alicyclic amines) is 1. The van der Waals surface area contributed by atoms with Gasteiger partial charge in [-0.1, -0.05) is 35.4 Å². The average Bonchev–Trinajstić information content (AvgIpc) is 2.74. The van der Waals surface area contributed by atoms with Crippen molar-refractivity contribution in [1.82, 2.24) is 10.3 Å². The van der Waals surface area contributed by atoms with Crippen molar-refractivity contribution in [3.8, 4) is 0 Å². The molecule has 1 heterocycles. The summed E-state index contributed by atoms with van der Waals surface area (Å²) in [6.45, 7) is 4.96. The predicted octanol–water partition coefficient (Wildman–Crippen LogP) is 3.35. The second-order valence-electron chi connectivity index (χ2n) is 7.72. The van der Waals surface area contributed by atoms with Crippen LogP contribution in [0.25, 0.3) is 0 Å². The highest BCUT2D eigenvalue weighted by molar-refractivity contribution is 7.92. The molecule has 1 aliphatic heterocycles. The van der Waals surface area contributed by atoms with Gasteiger partial charge in [0.05, 0.1) is 10.6 Å². The van der Waals surface area contributed by atoms with Gasteiger partial charge in [0.15, 0.2) is 0 Å². The van der Waals surface area contributed by atoms with Crippen molar-refractivity contribution in [3.05, 3.63) is 58.6 Å². The van der Waals surface area contributed by atoms with E-state index in [1.807, 2.05) is 14.0 Å². The lowest BCUT2D eigenvalue weighted by Crippen LogP contribution is -2.40. The Kier molecular flexibility index (Phi) is 7.35. The number of hydrogen-bond donors (Lipinski definition) is 1. The first-order chi connectivity index (χ1) is 14.7. The smallest absolute Gasteiger partial charge is 0.264 e. The van der Waals surface area contributed by atoms with Crippen molar-refractivity contribution >= 4 is 38.9 Å². The molecule has 2 aromatic rings. The number of nitrogens with zero attached hydrogens (tertiary/aromatic N) is 3. The van der Waals surface area contributed by atoms with E-state index in [9.17, 15) is 13.2 Å². The molecule has 1 saturated heterocycles. The molecule has 166 valence electrons. The number of halogens is 1. The highest BCUT2D eigenvalue weighted by Crippen LogP contribution is 2.30. The molecule has 0 bridgehead atoms. The minimum atomic E-state index is -4.00. The molecule has 2 aromatic carbocycles. The largest absolute Gasteiger partial charge is 0.306 e. The molecular weight excluding hydrogens is 436 g/mol. The molecule has 0 radical (unpaired) electrons. The first-order valence-corrected chi connectivity index (χ1v) is 11.9. The van der Waals surface area contributed by atoms with E-state index in [1.54, 1.807) is 37.3 Å². The third kappa shape index (κ3) is 5.64. The van der Waals surface area contributed by atoms with Crippen LogP contribution in [-0.4, -0.2) is 51.6 Å². The Labute approximate surface area is 188 Å². The van der Waals surface area contributed by atoms with Gasteiger partial charge >= 0.3 is 0 Å². The number of sulfonamides is 1. The Morgan fingerprint density at radius 1 is 1.13 bits per heavy atom. The maximum absolute atomic E-state index is 13.4. The van der Waals surface area contributed by atoms with Crippen LogP contribution in [0, 0.1) is 13.8 Å². The van der Waals surface area contributed by atoms with Gasteiger partial charge in [-0.25, -0.2) is 13.8 Å². The quantitative estimate of drug-likeness (QED) is 0.667. The number of hydrogen-bond acceptors (Lipinski definition) is 5. The lowest BCUT2D eigenvalue weighted by atomic mass is 10.1. The van der Waals surface area contributed by atoms with Crippen LogP contribution in [0.15, 0.2) is 52.5 Å². The number of rotatable bonds is 6. The Balaban J connectivity index is 1.89. The summed E-state index contributed by atoms with van der Waals surface area (Å²) in [5, 5.41) is 4.64. The maximum atomic E-state index is 13.4. The third-order valence-corrected chi connectivity index (χ3v) is 7.49. The highest BCUT2D eigenvalue weighted by atomic mass is 35.5. The fourth-order valence-electron chi connectivity index (χ4n) is 3.30. The third-order valence-electron chi connectivity index (χ3n) is 5.31. The Bertz CT molecular complexity index is 1070. The summed E-state index contributed by atoms with van der Waals surface area (Å²) in [5.74, 6) is -0.513. The summed E-state index contributed by atoms with van der Waals surface area (Å²) >= 11 is 6.24. The number of benzene rings is 2. The van der Waals surface area contributed by atoms with Gasteiger partial charge in [-0.05, 0) is 50.7 Å². The Hall–Kier alpha value is -2.42. The molecular formula is C22H27ClN4O3S. The topological polar surface area (TPSA) is 82.1 Å². The van der Waals surface area contributed by atoms with Crippen molar-refractivity contribution in [2.45, 2.75) is 31.6 Å². The fraction of sp³-hybridized carbons (Fsp3) is 0.364. The second-order valence-corrected chi connectivity index (χ2v) is 9.99. The van der Waals surface area contributed by atoms with Crippen LogP contribution in [0.3, 0.4) is 0 Å². The van der Waals surface area contributed by atoms with Gasteiger partial charge in [0.1, 0.15) is 6.54 Å². The van der Waals surface area contributed by atoms with Gasteiger partial charge in [-0.15, -0.1) is 0 Å². The lowest BCUT2D eigenvalue weighted by Gasteiger charge is -2.26. The SMILES string of the molecule is Cc1ccc(S(=O)(=O)N(CC(=O)NN=C2CCN(C)CC2)c2cccc(Cl)c2C)cc1. The van der Waals surface area contributed by atoms with Crippen LogP contribution in [-0.2, 0) is 14.8 Å². The van der Waals surface area contributed by atoms with Crippen LogP contribution in [0.1, 0.15) is 24.0 Å². The predicted molar refractivity (Wildman–Crippen MR) is 124 cm³/mol. The highest BCUT2D eigenvalue weighted by Gasteiger charge is 2.28. The van der Waals surface area contributed by atoms with E-state index in [4.69, 9.17) is 11.6 Å². The molecule has 0 aliphatic carbocycles. The molecule has 9 heteroatoms. The summed E-state index contributed by atoms with van der Waals surface area (Å²) in [6, 6.07) is 11.5. The van der Waals surface area contributed by atoms with Gasteiger partial charge in [0, 0.05) is 36.7 Å². The summed E-state index contributed by atoms with van der Waals surface area (Å²) in [5.41, 5.74) is 5.30. The lowest BCUT2D eigenvalue weighted by molar-refractivity contribution is -0.119. The number of carbonyl (C=O) groups is 1. The first-order valence-electron chi connectivity index (χ1n) is 10.1. The zero-order valence-electron chi connectivity index (χ0n) is 17.9. The number of aryl methyl sites for hydroxylation is 1. The Morgan fingerprint density at radius 3 is 2.42 bits per heavy atom. The van der Waals surface area contributed by atoms with Crippen molar-refractivity contribution in [2.75, 3.05) is 31.0 Å². The molecule has 1 aliphatic rings. The average molecular weight is 463 g/mol. The number of amides is 1. The molecule has 7 nitrogen and oxygen atoms in total. The van der Waals surface area contributed by atoms with E-state index in [0.717, 1.165) is 41.5 Å². The van der Waals surface area contributed by atoms with E-state index in [0.29, 0.717) is 16.3 Å². The van der Waals surface area contributed by atoms with E-state index >= 15 is 0 Å². The standard InChI is InChI=1S/C22H27ClN4O3S/c1-16-7-9-19(10-8-16)31(29,30)27(21-6-4-5-20(23)17(21)2)15-22(28)25-24-18-11-13-26(3)14-12-18/h4-10H,11-15H2,1-3H3,(H,25,28). The molecule has 0 atom stereocenters. The van der Waals surface area contributed by atoms with Crippen LogP contribution >= 0.6 is 11.6 Å². The molecule has 1 fully saturated rings. The van der Waals surface area contributed by atoms with Crippen molar-refractivity contribution in [1.29, 1.82) is 0 Å². The molecule has 0 unspecified atom stereocenters. The minimum absolute atomic E-state index is 0.104. The number of hydrazone groups is 1. The summed E-state index contributed by atoms with van der Waals surface area (Å²) in [4.78, 5) is 15.0. The van der Waals surface area contributed by atoms with E-state index in [1.165, 1.54) is 12.1 Å². The molecule has 0 aromatic heterocycles. The molecule has 1 amide bonds. The van der Waals surface area contributed by atoms with Crippen molar-refractivity contribution < 1.29 is 13.2 Å². The zero-order chi connectivity index (χ0) is 22.6. The fourth-order valence-corrected chi connectivity index (χ4v) is 4.95. The van der Waals surface area contributed by atoms with Gasteiger partial charge in [0.2, 0.25) is 0 Å². The van der Waals surface area contributed by atoms with E-state index in [2.05, 4.69) is 15.4 Å². The van der Waals surface area contributed by atoms with E-state index < -0.39 is 22.5 Å². The zero-order valence-corrected chi connectivity index (χ0v) is 19.5. The normalized spacial score (nSPS) is 14.9. The second kappa shape index (κ2) is 9.80. The molecule has 1 N–H and O–H groups in total. The van der Waals surface area contributed by atoms with Crippen molar-refractivity contribution in [2.24, 2.45) is 5.10 Å². The molecule has 0 saturated carbocycles. The van der Waals surface area contributed by atoms with Crippen LogP contribution in [0.2, 0.25) is 5.02 Å². The maximum Gasteiger partial charge on any atom is 0.264 e. The van der Waals surface area contributed by atoms with Gasteiger partial charge in [-0.3, -0.25) is 9.10 Å². The van der Waals surface area contributed by atoms with Crippen molar-refractivity contribution in [3.63, 3.8) is 0 Å². The minimum Gasteiger partial charge on any atom is -0.306 e. The summed E-state index contributed by atoms with van der Waals surface area (Å²) < 4.78 is 28.0. The monoisotopic (exact) mass is 462 g/mol. The van der Waals surface area contributed by atoms with Gasteiger partial charge in [0.25, 0.3) is 15.9 Å². The molecule has 3 rings (SSSR count). The molecule has 31 heavy (non-hydrogen) atoms. The van der Waals surface area contributed by atoms with Crippen LogP contribution in [0.4, 0.5) is 5.69 Å². The van der Waals surface area contributed by atoms with E-state index in [-0.39, 0.29) is 4.90 Å². The summed E-state index contributed by atoms with van der Waals surface area (Å²) in [6.07, 6.45) is 1.55.